The minimum absolute atomic E-state index is 0.500. The highest BCUT2D eigenvalue weighted by Crippen LogP contribution is 2.16. The van der Waals surface area contributed by atoms with E-state index in [1.807, 2.05) is 0 Å². The van der Waals surface area contributed by atoms with Gasteiger partial charge in [-0.15, -0.1) is 0 Å². The van der Waals surface area contributed by atoms with Gasteiger partial charge in [0.2, 0.25) is 0 Å². The molecule has 0 aliphatic carbocycles. The van der Waals surface area contributed by atoms with E-state index in [1.54, 1.807) is 0 Å². The van der Waals surface area contributed by atoms with Gasteiger partial charge in [-0.1, -0.05) is 97.8 Å². The summed E-state index contributed by atoms with van der Waals surface area (Å²) in [4.78, 5) is 8.25. The smallest absolute Gasteiger partial charge is 0.0784 e. The van der Waals surface area contributed by atoms with Crippen LogP contribution in [0.4, 0.5) is 0 Å². The summed E-state index contributed by atoms with van der Waals surface area (Å²) in [6.45, 7) is 10.7. The molecule has 0 bridgehead atoms. The van der Waals surface area contributed by atoms with Crippen molar-refractivity contribution in [3.05, 3.63) is 0 Å². The van der Waals surface area contributed by atoms with Crippen molar-refractivity contribution in [3.8, 4) is 0 Å². The Labute approximate surface area is 184 Å². The number of hydrogen-bond acceptors (Lipinski definition) is 2. The van der Waals surface area contributed by atoms with Crippen molar-refractivity contribution < 1.29 is 14.4 Å². The molecule has 0 aliphatic heterocycles. The Balaban J connectivity index is 0. The van der Waals surface area contributed by atoms with E-state index < -0.39 is 6.47 Å². The molecule has 0 aliphatic rings. The molecule has 0 amide bonds. The fraction of sp³-hybridized carbons (Fsp3) is 0.962. The second kappa shape index (κ2) is 25.5. The molecule has 0 heterocycles. The third-order valence-corrected chi connectivity index (χ3v) is 6.15. The highest BCUT2D eigenvalue weighted by Gasteiger charge is 2.20. The number of carbonyl (C=O) groups excluding carboxylic acids is 1. The zero-order valence-corrected chi connectivity index (χ0v) is 20.7. The van der Waals surface area contributed by atoms with Crippen LogP contribution in [0.5, 0.6) is 0 Å². The maximum absolute atomic E-state index is 8.25. The molecule has 0 fully saturated rings. The van der Waals surface area contributed by atoms with Crippen molar-refractivity contribution in [2.75, 3.05) is 26.7 Å². The number of carbonyl (C=O) groups is 1. The van der Waals surface area contributed by atoms with Crippen molar-refractivity contribution in [1.29, 1.82) is 0 Å². The van der Waals surface area contributed by atoms with Gasteiger partial charge in [-0.2, -0.15) is 0 Å². The Bertz CT molecular complexity index is 266. The molecule has 176 valence electrons. The second-order valence-electron chi connectivity index (χ2n) is 9.19. The van der Waals surface area contributed by atoms with Gasteiger partial charge in [0.1, 0.15) is 0 Å². The molecular weight excluding hydrogens is 358 g/mol. The van der Waals surface area contributed by atoms with Crippen LogP contribution in [0.2, 0.25) is 0 Å². The topological polar surface area (TPSA) is 40.1 Å². The first-order valence-electron chi connectivity index (χ1n) is 13.0. The molecule has 0 radical (unpaired) electrons. The molecule has 0 atom stereocenters. The molecule has 0 N–H and O–H groups in total. The van der Waals surface area contributed by atoms with E-state index in [4.69, 9.17) is 9.90 Å². The summed E-state index contributed by atoms with van der Waals surface area (Å²) in [5, 5.41) is 8.25. The predicted octanol–water partition coefficient (Wildman–Crippen LogP) is 6.88. The highest BCUT2D eigenvalue weighted by molar-refractivity contribution is 5.29. The van der Waals surface area contributed by atoms with E-state index in [0.29, 0.717) is 0 Å². The lowest BCUT2D eigenvalue weighted by Crippen LogP contribution is -2.46. The van der Waals surface area contributed by atoms with Gasteiger partial charge in [0.15, 0.2) is 0 Å². The van der Waals surface area contributed by atoms with Gasteiger partial charge in [0, 0.05) is 6.47 Å². The first-order chi connectivity index (χ1) is 14.1. The SMILES string of the molecule is CCCCCCCC[N+](C)(CCCCCCCC)CCCCCCCC.O=C[O-]. The second-order valence-corrected chi connectivity index (χ2v) is 9.19. The summed E-state index contributed by atoms with van der Waals surface area (Å²) in [7, 11) is 2.56. The number of unbranched alkanes of at least 4 members (excludes halogenated alkanes) is 15. The number of nitrogens with zero attached hydrogens (tertiary/aromatic N) is 1. The lowest BCUT2D eigenvalue weighted by Gasteiger charge is -2.35. The number of rotatable bonds is 21. The van der Waals surface area contributed by atoms with E-state index in [2.05, 4.69) is 27.8 Å². The predicted molar refractivity (Wildman–Crippen MR) is 127 cm³/mol. The Kier molecular flexibility index (Phi) is 26.9. The van der Waals surface area contributed by atoms with Crippen LogP contribution in [0.15, 0.2) is 0 Å². The van der Waals surface area contributed by atoms with E-state index >= 15 is 0 Å². The molecule has 3 nitrogen and oxygen atoms in total. The van der Waals surface area contributed by atoms with Crippen molar-refractivity contribution in [1.82, 2.24) is 0 Å². The Morgan fingerprint density at radius 3 is 0.966 bits per heavy atom. The zero-order chi connectivity index (χ0) is 22.1. The molecule has 3 heteroatoms. The maximum atomic E-state index is 8.25. The fourth-order valence-corrected chi connectivity index (χ4v) is 4.16. The molecule has 0 saturated carbocycles. The molecular formula is C26H55NO2. The van der Waals surface area contributed by atoms with Crippen LogP contribution in [0.3, 0.4) is 0 Å². The van der Waals surface area contributed by atoms with E-state index in [-0.39, 0.29) is 0 Å². The molecule has 0 aromatic carbocycles. The number of quaternary nitrogens is 1. The van der Waals surface area contributed by atoms with Crippen LogP contribution < -0.4 is 5.11 Å². The van der Waals surface area contributed by atoms with Crippen molar-refractivity contribution >= 4 is 6.47 Å². The minimum atomic E-state index is -0.500. The lowest BCUT2D eigenvalue weighted by atomic mass is 10.1. The van der Waals surface area contributed by atoms with Gasteiger partial charge in [-0.3, -0.25) is 0 Å². The summed E-state index contributed by atoms with van der Waals surface area (Å²) in [5.74, 6) is 0. The van der Waals surface area contributed by atoms with E-state index in [9.17, 15) is 0 Å². The molecule has 0 unspecified atom stereocenters. The molecule has 29 heavy (non-hydrogen) atoms. The van der Waals surface area contributed by atoms with Gasteiger partial charge >= 0.3 is 0 Å². The minimum Gasteiger partial charge on any atom is -0.554 e. The summed E-state index contributed by atoms with van der Waals surface area (Å²) in [6.07, 6.45) is 25.9. The normalized spacial score (nSPS) is 11.2. The Morgan fingerprint density at radius 2 is 0.724 bits per heavy atom. The molecule has 0 aromatic rings. The van der Waals surface area contributed by atoms with E-state index in [1.165, 1.54) is 140 Å². The summed E-state index contributed by atoms with van der Waals surface area (Å²) < 4.78 is 1.36. The van der Waals surface area contributed by atoms with Crippen LogP contribution in [0, 0.1) is 0 Å². The average Bonchev–Trinajstić information content (AvgIpc) is 2.71. The quantitative estimate of drug-likeness (QED) is 0.117. The molecule has 0 rings (SSSR count). The summed E-state index contributed by atoms with van der Waals surface area (Å²) >= 11 is 0. The summed E-state index contributed by atoms with van der Waals surface area (Å²) in [6, 6.07) is 0. The highest BCUT2D eigenvalue weighted by atomic mass is 16.3. The average molecular weight is 414 g/mol. The Morgan fingerprint density at radius 1 is 0.517 bits per heavy atom. The fourth-order valence-electron chi connectivity index (χ4n) is 4.16. The third-order valence-electron chi connectivity index (χ3n) is 6.15. The molecule has 0 spiro atoms. The number of carboxylic acid groups (broad SMARTS) is 1. The van der Waals surface area contributed by atoms with Crippen molar-refractivity contribution in [2.24, 2.45) is 0 Å². The molecule has 0 aromatic heterocycles. The van der Waals surface area contributed by atoms with Gasteiger partial charge in [0.25, 0.3) is 0 Å². The largest absolute Gasteiger partial charge is 0.554 e. The zero-order valence-electron chi connectivity index (χ0n) is 20.7. The monoisotopic (exact) mass is 413 g/mol. The Hall–Kier alpha value is -0.570. The van der Waals surface area contributed by atoms with Crippen LogP contribution in [0.25, 0.3) is 0 Å². The lowest BCUT2D eigenvalue weighted by molar-refractivity contribution is -0.910. The van der Waals surface area contributed by atoms with Gasteiger partial charge in [-0.05, 0) is 38.5 Å². The van der Waals surface area contributed by atoms with Gasteiger partial charge in [-0.25, -0.2) is 0 Å². The van der Waals surface area contributed by atoms with Crippen LogP contribution in [0.1, 0.15) is 136 Å². The maximum Gasteiger partial charge on any atom is 0.0784 e. The standard InChI is InChI=1S/C25H54N.CH2O2/c1-5-8-11-14-17-20-23-26(4,24-21-18-15-12-9-6-2)25-22-19-16-13-10-7-3;2-1-3/h5-25H2,1-4H3;1H,(H,2,3)/q+1;/p-1. The first kappa shape index (κ1) is 30.6. The van der Waals surface area contributed by atoms with Crippen LogP contribution in [-0.2, 0) is 4.79 Å². The first-order valence-corrected chi connectivity index (χ1v) is 13.0. The van der Waals surface area contributed by atoms with Crippen molar-refractivity contribution in [2.45, 2.75) is 136 Å². The summed E-state index contributed by atoms with van der Waals surface area (Å²) in [5.41, 5.74) is 0. The van der Waals surface area contributed by atoms with Gasteiger partial charge < -0.3 is 14.4 Å². The third kappa shape index (κ3) is 25.4. The van der Waals surface area contributed by atoms with Crippen LogP contribution >= 0.6 is 0 Å². The number of hydrogen-bond donors (Lipinski definition) is 0. The molecule has 0 saturated heterocycles. The van der Waals surface area contributed by atoms with Gasteiger partial charge in [0.05, 0.1) is 26.7 Å². The van der Waals surface area contributed by atoms with Crippen LogP contribution in [-0.4, -0.2) is 37.6 Å². The van der Waals surface area contributed by atoms with Crippen molar-refractivity contribution in [3.63, 3.8) is 0 Å². The van der Waals surface area contributed by atoms with E-state index in [0.717, 1.165) is 0 Å².